The summed E-state index contributed by atoms with van der Waals surface area (Å²) in [6, 6.07) is 2.56. The summed E-state index contributed by atoms with van der Waals surface area (Å²) >= 11 is 5.47. The van der Waals surface area contributed by atoms with Gasteiger partial charge < -0.3 is 14.9 Å². The number of phenolic OH excluding ortho intramolecular Hbond substituents is 2. The first kappa shape index (κ1) is 9.67. The van der Waals surface area contributed by atoms with Crippen LogP contribution in [-0.2, 0) is 4.74 Å². The minimum Gasteiger partial charge on any atom is -0.504 e. The van der Waals surface area contributed by atoms with Crippen molar-refractivity contribution in [2.24, 2.45) is 0 Å². The lowest BCUT2D eigenvalue weighted by atomic mass is 10.2. The van der Waals surface area contributed by atoms with Crippen molar-refractivity contribution in [3.63, 3.8) is 0 Å². The number of hydrogen-bond acceptors (Lipinski definition) is 4. The zero-order chi connectivity index (χ0) is 10.0. The predicted molar refractivity (Wildman–Crippen MR) is 46.1 cm³/mol. The molecule has 0 heterocycles. The molecule has 0 bridgehead atoms. The zero-order valence-corrected chi connectivity index (χ0v) is 7.50. The third kappa shape index (κ3) is 1.67. The van der Waals surface area contributed by atoms with E-state index < -0.39 is 17.5 Å². The highest BCUT2D eigenvalue weighted by atomic mass is 35.5. The molecule has 0 aliphatic carbocycles. The first-order valence-corrected chi connectivity index (χ1v) is 3.74. The van der Waals surface area contributed by atoms with Gasteiger partial charge in [0.1, 0.15) is 5.56 Å². The van der Waals surface area contributed by atoms with Crippen molar-refractivity contribution in [3.8, 4) is 11.5 Å². The van der Waals surface area contributed by atoms with E-state index in [2.05, 4.69) is 4.74 Å². The summed E-state index contributed by atoms with van der Waals surface area (Å²) < 4.78 is 4.36. The summed E-state index contributed by atoms with van der Waals surface area (Å²) in [7, 11) is 1.17. The lowest BCUT2D eigenvalue weighted by Gasteiger charge is -2.04. The van der Waals surface area contributed by atoms with Crippen LogP contribution >= 0.6 is 11.6 Å². The van der Waals surface area contributed by atoms with Gasteiger partial charge in [-0.25, -0.2) is 4.79 Å². The summed E-state index contributed by atoms with van der Waals surface area (Å²) in [4.78, 5) is 11.0. The average molecular weight is 203 g/mol. The normalized spacial score (nSPS) is 9.69. The predicted octanol–water partition coefficient (Wildman–Crippen LogP) is 1.54. The van der Waals surface area contributed by atoms with Gasteiger partial charge in [0.05, 0.1) is 12.1 Å². The van der Waals surface area contributed by atoms with Crippen LogP contribution < -0.4 is 0 Å². The van der Waals surface area contributed by atoms with Gasteiger partial charge in [-0.2, -0.15) is 0 Å². The van der Waals surface area contributed by atoms with Crippen LogP contribution in [0, 0.1) is 0 Å². The van der Waals surface area contributed by atoms with Gasteiger partial charge in [0.15, 0.2) is 11.5 Å². The van der Waals surface area contributed by atoms with Gasteiger partial charge in [-0.3, -0.25) is 0 Å². The number of benzene rings is 1. The molecule has 0 atom stereocenters. The Hall–Kier alpha value is -1.42. The number of phenols is 2. The van der Waals surface area contributed by atoms with E-state index in [0.717, 1.165) is 0 Å². The SMILES string of the molecule is COC(=O)c1ccc(Cl)c(O)c1O. The molecule has 1 aromatic rings. The Morgan fingerprint density at radius 2 is 2.00 bits per heavy atom. The second-order valence-electron chi connectivity index (χ2n) is 2.28. The molecule has 0 unspecified atom stereocenters. The topological polar surface area (TPSA) is 66.8 Å². The van der Waals surface area contributed by atoms with E-state index in [4.69, 9.17) is 16.7 Å². The highest BCUT2D eigenvalue weighted by Gasteiger charge is 2.16. The molecule has 70 valence electrons. The number of carbonyl (C=O) groups is 1. The van der Waals surface area contributed by atoms with Gasteiger partial charge in [0.2, 0.25) is 0 Å². The van der Waals surface area contributed by atoms with E-state index in [0.29, 0.717) is 0 Å². The maximum Gasteiger partial charge on any atom is 0.341 e. The first-order chi connectivity index (χ1) is 6.07. The lowest BCUT2D eigenvalue weighted by Crippen LogP contribution is -2.01. The molecule has 0 saturated carbocycles. The molecule has 1 rings (SSSR count). The summed E-state index contributed by atoms with van der Waals surface area (Å²) in [5, 5.41) is 18.4. The molecule has 1 aromatic carbocycles. The summed E-state index contributed by atoms with van der Waals surface area (Å²) in [5.41, 5.74) is -0.121. The number of rotatable bonds is 1. The van der Waals surface area contributed by atoms with Gasteiger partial charge in [0, 0.05) is 0 Å². The van der Waals surface area contributed by atoms with E-state index >= 15 is 0 Å². The Morgan fingerprint density at radius 1 is 1.38 bits per heavy atom. The molecule has 13 heavy (non-hydrogen) atoms. The third-order valence-electron chi connectivity index (χ3n) is 1.51. The van der Waals surface area contributed by atoms with Crippen molar-refractivity contribution in [1.82, 2.24) is 0 Å². The number of methoxy groups -OCH3 is 1. The average Bonchev–Trinajstić information content (AvgIpc) is 2.13. The highest BCUT2D eigenvalue weighted by molar-refractivity contribution is 6.32. The van der Waals surface area contributed by atoms with Crippen LogP contribution in [0.5, 0.6) is 11.5 Å². The number of esters is 1. The van der Waals surface area contributed by atoms with Crippen LogP contribution in [0.25, 0.3) is 0 Å². The summed E-state index contributed by atoms with van der Waals surface area (Å²) in [5.74, 6) is -1.83. The quantitative estimate of drug-likeness (QED) is 0.536. The van der Waals surface area contributed by atoms with Gasteiger partial charge >= 0.3 is 5.97 Å². The van der Waals surface area contributed by atoms with E-state index in [1.54, 1.807) is 0 Å². The lowest BCUT2D eigenvalue weighted by molar-refractivity contribution is 0.0596. The molecule has 0 radical (unpaired) electrons. The molecule has 5 heteroatoms. The van der Waals surface area contributed by atoms with Gasteiger partial charge in [-0.1, -0.05) is 11.6 Å². The number of ether oxygens (including phenoxy) is 1. The van der Waals surface area contributed by atoms with E-state index in [9.17, 15) is 9.90 Å². The van der Waals surface area contributed by atoms with Crippen LogP contribution in [0.4, 0.5) is 0 Å². The van der Waals surface area contributed by atoms with Crippen LogP contribution in [0.3, 0.4) is 0 Å². The standard InChI is InChI=1S/C8H7ClO4/c1-13-8(12)4-2-3-5(9)7(11)6(4)10/h2-3,10-11H,1H3. The largest absolute Gasteiger partial charge is 0.504 e. The fraction of sp³-hybridized carbons (Fsp3) is 0.125. The Bertz CT molecular complexity index is 348. The highest BCUT2D eigenvalue weighted by Crippen LogP contribution is 2.35. The molecule has 0 fully saturated rings. The molecule has 0 aliphatic rings. The van der Waals surface area contributed by atoms with Crippen LogP contribution in [-0.4, -0.2) is 23.3 Å². The monoisotopic (exact) mass is 202 g/mol. The van der Waals surface area contributed by atoms with Crippen molar-refractivity contribution < 1.29 is 19.7 Å². The number of halogens is 1. The first-order valence-electron chi connectivity index (χ1n) is 3.36. The van der Waals surface area contributed by atoms with Crippen LogP contribution in [0.1, 0.15) is 10.4 Å². The smallest absolute Gasteiger partial charge is 0.341 e. The van der Waals surface area contributed by atoms with Crippen molar-refractivity contribution in [3.05, 3.63) is 22.7 Å². The van der Waals surface area contributed by atoms with E-state index in [1.165, 1.54) is 19.2 Å². The minimum atomic E-state index is -0.732. The minimum absolute atomic E-state index is 0.0230. The maximum absolute atomic E-state index is 11.0. The Kier molecular flexibility index (Phi) is 2.63. The van der Waals surface area contributed by atoms with Gasteiger partial charge in [-0.15, -0.1) is 0 Å². The fourth-order valence-corrected chi connectivity index (χ4v) is 0.982. The third-order valence-corrected chi connectivity index (χ3v) is 1.81. The number of carbonyl (C=O) groups excluding carboxylic acids is 1. The Morgan fingerprint density at radius 3 is 2.54 bits per heavy atom. The molecule has 0 aliphatic heterocycles. The summed E-state index contributed by atoms with van der Waals surface area (Å²) in [6.07, 6.45) is 0. The Balaban J connectivity index is 3.26. The zero-order valence-electron chi connectivity index (χ0n) is 6.74. The van der Waals surface area contributed by atoms with Gasteiger partial charge in [0.25, 0.3) is 0 Å². The van der Waals surface area contributed by atoms with E-state index in [1.807, 2.05) is 0 Å². The van der Waals surface area contributed by atoms with Crippen molar-refractivity contribution in [2.45, 2.75) is 0 Å². The molecule has 0 saturated heterocycles. The summed E-state index contributed by atoms with van der Waals surface area (Å²) in [6.45, 7) is 0. The number of hydrogen-bond donors (Lipinski definition) is 2. The molecular weight excluding hydrogens is 196 g/mol. The molecular formula is C8H7ClO4. The molecule has 0 amide bonds. The second-order valence-corrected chi connectivity index (χ2v) is 2.69. The molecule has 0 aromatic heterocycles. The van der Waals surface area contributed by atoms with Crippen molar-refractivity contribution in [2.75, 3.05) is 7.11 Å². The number of aromatic hydroxyl groups is 2. The molecule has 4 nitrogen and oxygen atoms in total. The molecule has 0 spiro atoms. The second kappa shape index (κ2) is 3.53. The van der Waals surface area contributed by atoms with Crippen molar-refractivity contribution >= 4 is 17.6 Å². The van der Waals surface area contributed by atoms with Crippen LogP contribution in [0.2, 0.25) is 5.02 Å². The van der Waals surface area contributed by atoms with Crippen molar-refractivity contribution in [1.29, 1.82) is 0 Å². The molecule has 2 N–H and O–H groups in total. The van der Waals surface area contributed by atoms with Crippen LogP contribution in [0.15, 0.2) is 12.1 Å². The Labute approximate surface area is 79.3 Å². The van der Waals surface area contributed by atoms with E-state index in [-0.39, 0.29) is 10.6 Å². The maximum atomic E-state index is 11.0. The van der Waals surface area contributed by atoms with Gasteiger partial charge in [-0.05, 0) is 12.1 Å². The fourth-order valence-electron chi connectivity index (χ4n) is 0.830.